The molecule has 0 aromatic carbocycles. The van der Waals surface area contributed by atoms with Crippen molar-refractivity contribution in [1.82, 2.24) is 24.7 Å². The highest BCUT2D eigenvalue weighted by Gasteiger charge is 2.72. The smallest absolute Gasteiger partial charge is 0.141 e. The molecule has 0 amide bonds. The largest absolute Gasteiger partial charge is 0.400 e. The molecule has 0 saturated heterocycles. The summed E-state index contributed by atoms with van der Waals surface area (Å²) in [6, 6.07) is 2.54. The lowest BCUT2D eigenvalue weighted by Gasteiger charge is -2.46. The summed E-state index contributed by atoms with van der Waals surface area (Å²) in [6.45, 7) is 0. The average Bonchev–Trinajstić information content (AvgIpc) is 3.37. The highest BCUT2D eigenvalue weighted by Crippen LogP contribution is 2.61. The number of nitriles is 1. The topological polar surface area (TPSA) is 144 Å². The SMILES string of the molecule is [B]C1(O)C(C(CC#N)n2cc(-c3ncnc4[nH]ccc34)cn2)C([B])(O)C([B])(O)C1([B])[B]. The van der Waals surface area contributed by atoms with E-state index in [2.05, 4.69) is 20.1 Å². The predicted octanol–water partition coefficient (Wildman–Crippen LogP) is -2.07. The fourth-order valence-corrected chi connectivity index (χ4v) is 4.25. The van der Waals surface area contributed by atoms with Gasteiger partial charge in [-0.05, 0) is 6.07 Å². The Kier molecular flexibility index (Phi) is 4.74. The summed E-state index contributed by atoms with van der Waals surface area (Å²) in [6.07, 6.45) is 5.73. The Balaban J connectivity index is 1.83. The van der Waals surface area contributed by atoms with Crippen LogP contribution in [0, 0.1) is 17.2 Å². The van der Waals surface area contributed by atoms with Crippen molar-refractivity contribution in [3.05, 3.63) is 31.0 Å². The van der Waals surface area contributed by atoms with Gasteiger partial charge in [-0.3, -0.25) is 4.68 Å². The number of hydrogen-bond donors (Lipinski definition) is 4. The van der Waals surface area contributed by atoms with E-state index in [1.807, 2.05) is 6.07 Å². The van der Waals surface area contributed by atoms with E-state index in [4.69, 9.17) is 39.2 Å². The number of H-pyrrole nitrogens is 1. The van der Waals surface area contributed by atoms with Crippen LogP contribution in [-0.2, 0) is 0 Å². The molecule has 31 heavy (non-hydrogen) atoms. The van der Waals surface area contributed by atoms with Crippen LogP contribution in [0.15, 0.2) is 31.0 Å². The highest BCUT2D eigenvalue weighted by molar-refractivity contribution is 6.51. The van der Waals surface area contributed by atoms with E-state index in [0.717, 1.165) is 5.39 Å². The fourth-order valence-electron chi connectivity index (χ4n) is 4.25. The van der Waals surface area contributed by atoms with Gasteiger partial charge in [0.1, 0.15) is 35.5 Å². The zero-order chi connectivity index (χ0) is 22.8. The van der Waals surface area contributed by atoms with Crippen molar-refractivity contribution in [2.75, 3.05) is 0 Å². The molecule has 1 aliphatic rings. The predicted molar refractivity (Wildman–Crippen MR) is 114 cm³/mol. The van der Waals surface area contributed by atoms with E-state index in [1.165, 1.54) is 23.4 Å². The first-order valence-electron chi connectivity index (χ1n) is 9.19. The average molecular weight is 403 g/mol. The minimum absolute atomic E-state index is 0.333. The Hall–Kier alpha value is -2.48. The van der Waals surface area contributed by atoms with Gasteiger partial charge in [0.25, 0.3) is 0 Å². The maximum Gasteiger partial charge on any atom is 0.141 e. The molecule has 10 radical (unpaired) electrons. The monoisotopic (exact) mass is 404 g/mol. The van der Waals surface area contributed by atoms with Crippen LogP contribution in [0.5, 0.6) is 0 Å². The zero-order valence-electron chi connectivity index (χ0n) is 16.2. The first-order valence-corrected chi connectivity index (χ1v) is 9.19. The summed E-state index contributed by atoms with van der Waals surface area (Å²) >= 11 is 0. The number of hydrogen-bond acceptors (Lipinski definition) is 7. The van der Waals surface area contributed by atoms with Gasteiger partial charge >= 0.3 is 0 Å². The van der Waals surface area contributed by atoms with Gasteiger partial charge in [-0.15, -0.1) is 0 Å². The van der Waals surface area contributed by atoms with E-state index >= 15 is 0 Å². The van der Waals surface area contributed by atoms with Gasteiger partial charge in [0, 0.05) is 45.8 Å². The van der Waals surface area contributed by atoms with Crippen molar-refractivity contribution >= 4 is 50.3 Å². The molecule has 4 N–H and O–H groups in total. The molecule has 1 aliphatic carbocycles. The van der Waals surface area contributed by atoms with Gasteiger partial charge in [0.15, 0.2) is 0 Å². The van der Waals surface area contributed by atoms with Gasteiger partial charge in [-0.1, -0.05) is 5.21 Å². The second-order valence-corrected chi connectivity index (χ2v) is 7.86. The lowest BCUT2D eigenvalue weighted by atomic mass is 9.34. The Morgan fingerprint density at radius 3 is 2.48 bits per heavy atom. The third-order valence-electron chi connectivity index (χ3n) is 6.11. The van der Waals surface area contributed by atoms with E-state index in [9.17, 15) is 20.6 Å². The molecule has 0 aliphatic heterocycles. The zero-order valence-corrected chi connectivity index (χ0v) is 16.2. The third kappa shape index (κ3) is 2.77. The first-order chi connectivity index (χ1) is 14.4. The Bertz CT molecular complexity index is 1160. The summed E-state index contributed by atoms with van der Waals surface area (Å²) in [5.41, 5.74) is -6.66. The number of aliphatic hydroxyl groups is 3. The van der Waals surface area contributed by atoms with Crippen molar-refractivity contribution in [2.24, 2.45) is 5.92 Å². The molecule has 1 fully saturated rings. The van der Waals surface area contributed by atoms with E-state index < -0.39 is 33.7 Å². The summed E-state index contributed by atoms with van der Waals surface area (Å²) in [4.78, 5) is 11.4. The number of nitrogens with one attached hydrogen (secondary N) is 1. The summed E-state index contributed by atoms with van der Waals surface area (Å²) in [5.74, 6) is -1.69. The minimum Gasteiger partial charge on any atom is -0.400 e. The van der Waals surface area contributed by atoms with Gasteiger partial charge in [-0.25, -0.2) is 9.97 Å². The Labute approximate surface area is 184 Å². The van der Waals surface area contributed by atoms with Gasteiger partial charge < -0.3 is 20.3 Å². The van der Waals surface area contributed by atoms with Crippen LogP contribution in [0.4, 0.5) is 0 Å². The first kappa shape index (κ1) is 21.7. The number of aromatic amines is 1. The third-order valence-corrected chi connectivity index (χ3v) is 6.11. The highest BCUT2D eigenvalue weighted by atomic mass is 16.4. The number of nitrogens with zero attached hydrogens (tertiary/aromatic N) is 5. The van der Waals surface area contributed by atoms with Crippen molar-refractivity contribution in [3.8, 4) is 17.3 Å². The van der Waals surface area contributed by atoms with Crippen molar-refractivity contribution in [3.63, 3.8) is 0 Å². The molecule has 4 rings (SSSR count). The van der Waals surface area contributed by atoms with Crippen LogP contribution in [0.25, 0.3) is 22.3 Å². The van der Waals surface area contributed by atoms with E-state index in [0.29, 0.717) is 16.9 Å². The molecule has 5 atom stereocenters. The number of aromatic nitrogens is 5. The molecule has 144 valence electrons. The van der Waals surface area contributed by atoms with Crippen LogP contribution in [0.1, 0.15) is 12.5 Å². The van der Waals surface area contributed by atoms with E-state index in [1.54, 1.807) is 12.3 Å². The molecular weight excluding hydrogens is 390 g/mol. The molecule has 14 heteroatoms. The van der Waals surface area contributed by atoms with Crippen LogP contribution < -0.4 is 0 Å². The molecule has 1 saturated carbocycles. The second kappa shape index (κ2) is 6.76. The second-order valence-electron chi connectivity index (χ2n) is 7.86. The van der Waals surface area contributed by atoms with Crippen molar-refractivity contribution < 1.29 is 15.3 Å². The molecule has 9 nitrogen and oxygen atoms in total. The van der Waals surface area contributed by atoms with E-state index in [-0.39, 0.29) is 6.42 Å². The van der Waals surface area contributed by atoms with Crippen molar-refractivity contribution in [1.29, 1.82) is 5.26 Å². The summed E-state index contributed by atoms with van der Waals surface area (Å²) < 4.78 is 1.26. The van der Waals surface area contributed by atoms with Gasteiger partial charge in [0.2, 0.25) is 0 Å². The Morgan fingerprint density at radius 1 is 1.16 bits per heavy atom. The lowest BCUT2D eigenvalue weighted by Crippen LogP contribution is -2.60. The maximum atomic E-state index is 10.9. The number of fused-ring (bicyclic) bond motifs is 1. The quantitative estimate of drug-likeness (QED) is 0.366. The van der Waals surface area contributed by atoms with Crippen LogP contribution in [0.2, 0.25) is 5.21 Å². The summed E-state index contributed by atoms with van der Waals surface area (Å²) in [7, 11) is 29.2. The molecule has 3 aromatic rings. The standard InChI is InChI=1S/C17H13B5N6O3/c18-14(29)12(15(19,30)17(22,31)16(14,20)21)10(1-3-23)28-6-8(5-27-28)11-9-2-4-24-13(9)26-7-25-11/h2,4-7,10,12,29-31H,1H2,(H,24,25,26). The molecule has 5 unspecified atom stereocenters. The molecule has 3 heterocycles. The molecule has 3 aromatic heterocycles. The molecule has 0 spiro atoms. The Morgan fingerprint density at radius 2 is 1.87 bits per heavy atom. The molecule has 0 bridgehead atoms. The molecular formula is C17H13B5N6O3. The normalized spacial score (nSPS) is 33.3. The van der Waals surface area contributed by atoms with Crippen molar-refractivity contribution in [2.45, 2.75) is 34.2 Å². The van der Waals surface area contributed by atoms with Crippen LogP contribution >= 0.6 is 0 Å². The van der Waals surface area contributed by atoms with Crippen LogP contribution in [0.3, 0.4) is 0 Å². The summed E-state index contributed by atoms with van der Waals surface area (Å²) in [5, 5.41) is 44.1. The van der Waals surface area contributed by atoms with Crippen LogP contribution in [-0.4, -0.2) is 95.8 Å². The fraction of sp³-hybridized carbons (Fsp3) is 0.412. The number of rotatable bonds is 4. The lowest BCUT2D eigenvalue weighted by molar-refractivity contribution is -0.0655. The maximum absolute atomic E-state index is 10.9. The minimum atomic E-state index is -2.90. The van der Waals surface area contributed by atoms with Gasteiger partial charge in [0.05, 0.1) is 46.1 Å². The van der Waals surface area contributed by atoms with Gasteiger partial charge in [-0.2, -0.15) is 10.4 Å².